The first-order valence-electron chi connectivity index (χ1n) is 9.90. The minimum atomic E-state index is -1.78. The molecule has 164 valence electrons. The van der Waals surface area contributed by atoms with E-state index in [1.165, 1.54) is 18.3 Å². The van der Waals surface area contributed by atoms with Crippen LogP contribution in [0.1, 0.15) is 40.2 Å². The van der Waals surface area contributed by atoms with Crippen molar-refractivity contribution >= 4 is 23.1 Å². The average Bonchev–Trinajstić information content (AvgIpc) is 3.35. The Kier molecular flexibility index (Phi) is 6.42. The van der Waals surface area contributed by atoms with E-state index in [9.17, 15) is 9.59 Å². The van der Waals surface area contributed by atoms with Crippen molar-refractivity contribution in [1.29, 1.82) is 0 Å². The lowest BCUT2D eigenvalue weighted by Gasteiger charge is -2.34. The van der Waals surface area contributed by atoms with Gasteiger partial charge in [-0.15, -0.1) is 6.42 Å². The first-order valence-corrected chi connectivity index (χ1v) is 10.8. The van der Waals surface area contributed by atoms with Gasteiger partial charge in [-0.2, -0.15) is 11.3 Å². The second kappa shape index (κ2) is 8.40. The predicted molar refractivity (Wildman–Crippen MR) is 110 cm³/mol. The second-order valence-electron chi connectivity index (χ2n) is 8.20. The van der Waals surface area contributed by atoms with Crippen molar-refractivity contribution in [2.75, 3.05) is 13.2 Å². The van der Waals surface area contributed by atoms with Gasteiger partial charge in [-0.1, -0.05) is 5.92 Å². The molecule has 30 heavy (non-hydrogen) atoms. The number of ketones is 1. The third-order valence-electron chi connectivity index (χ3n) is 5.62. The van der Waals surface area contributed by atoms with E-state index in [0.29, 0.717) is 0 Å². The van der Waals surface area contributed by atoms with Gasteiger partial charge in [0.2, 0.25) is 5.60 Å². The van der Waals surface area contributed by atoms with Gasteiger partial charge < -0.3 is 23.7 Å². The average molecular weight is 437 g/mol. The fourth-order valence-corrected chi connectivity index (χ4v) is 4.48. The fourth-order valence-electron chi connectivity index (χ4n) is 3.81. The highest BCUT2D eigenvalue weighted by atomic mass is 32.1. The van der Waals surface area contributed by atoms with Gasteiger partial charge in [-0.25, -0.2) is 4.79 Å². The third-order valence-corrected chi connectivity index (χ3v) is 6.35. The summed E-state index contributed by atoms with van der Waals surface area (Å²) in [6.45, 7) is 8.45. The van der Waals surface area contributed by atoms with Crippen molar-refractivity contribution in [1.82, 2.24) is 0 Å². The van der Waals surface area contributed by atoms with E-state index < -0.39 is 47.1 Å². The van der Waals surface area contributed by atoms with Gasteiger partial charge >= 0.3 is 5.97 Å². The maximum Gasteiger partial charge on any atom is 0.346 e. The zero-order chi connectivity index (χ0) is 22.2. The zero-order valence-electron chi connectivity index (χ0n) is 17.9. The summed E-state index contributed by atoms with van der Waals surface area (Å²) in [5.41, 5.74) is -1.84. The number of carbonyl (C=O) groups excluding carboxylic acids is 2. The van der Waals surface area contributed by atoms with E-state index in [1.807, 2.05) is 23.8 Å². The largest absolute Gasteiger partial charge is 0.463 e. The minimum absolute atomic E-state index is 0.0665. The number of hydrogen-bond acceptors (Lipinski definition) is 8. The monoisotopic (exact) mass is 436 g/mol. The summed E-state index contributed by atoms with van der Waals surface area (Å²) in [5.74, 6) is 0.775. The Bertz CT molecular complexity index is 827. The van der Waals surface area contributed by atoms with Crippen LogP contribution in [0.5, 0.6) is 0 Å². The molecule has 5 atom stereocenters. The van der Waals surface area contributed by atoms with Gasteiger partial charge in [-0.3, -0.25) is 4.79 Å². The van der Waals surface area contributed by atoms with Crippen LogP contribution >= 0.6 is 11.3 Å². The summed E-state index contributed by atoms with van der Waals surface area (Å²) in [5, 5.41) is 3.74. The summed E-state index contributed by atoms with van der Waals surface area (Å²) in [7, 11) is 0. The highest BCUT2D eigenvalue weighted by Crippen LogP contribution is 2.48. The maximum atomic E-state index is 12.9. The van der Waals surface area contributed by atoms with E-state index >= 15 is 0 Å². The SMILES string of the molecule is C#C[C@@]1(C)[C@@H](COC(Cc2ccsc2)(C(C)=O)C(=O)OCC)O[C@@H]2OC(C)(C)O[C@@H]21. The molecular weight excluding hydrogens is 408 g/mol. The number of rotatable bonds is 8. The van der Waals surface area contributed by atoms with Gasteiger partial charge in [-0.05, 0) is 57.0 Å². The van der Waals surface area contributed by atoms with Crippen LogP contribution in [0.2, 0.25) is 0 Å². The van der Waals surface area contributed by atoms with Crippen molar-refractivity contribution in [3.63, 3.8) is 0 Å². The Balaban J connectivity index is 1.84. The molecule has 0 bridgehead atoms. The summed E-state index contributed by atoms with van der Waals surface area (Å²) in [6.07, 6.45) is 4.13. The van der Waals surface area contributed by atoms with Gasteiger partial charge in [0.05, 0.1) is 18.6 Å². The quantitative estimate of drug-likeness (QED) is 0.352. The maximum absolute atomic E-state index is 12.9. The molecule has 2 fully saturated rings. The predicted octanol–water partition coefficient (Wildman–Crippen LogP) is 2.71. The van der Waals surface area contributed by atoms with Gasteiger partial charge in [0.1, 0.15) is 12.2 Å². The number of terminal acetylenes is 1. The number of Topliss-reactive ketones (excluding diaryl/α,β-unsaturated/α-hetero) is 1. The lowest BCUT2D eigenvalue weighted by atomic mass is 9.81. The lowest BCUT2D eigenvalue weighted by Crippen LogP contribution is -2.53. The Labute approximate surface area is 181 Å². The van der Waals surface area contributed by atoms with Crippen LogP contribution in [0.25, 0.3) is 0 Å². The van der Waals surface area contributed by atoms with Crippen molar-refractivity contribution in [3.05, 3.63) is 22.4 Å². The van der Waals surface area contributed by atoms with E-state index in [4.69, 9.17) is 30.1 Å². The molecule has 0 aromatic carbocycles. The molecule has 8 heteroatoms. The van der Waals surface area contributed by atoms with Crippen LogP contribution in [-0.2, 0) is 39.7 Å². The molecule has 0 spiro atoms. The van der Waals surface area contributed by atoms with Crippen molar-refractivity contribution < 1.29 is 33.3 Å². The first-order chi connectivity index (χ1) is 14.1. The molecule has 3 rings (SSSR count). The normalized spacial score (nSPS) is 31.5. The molecule has 1 unspecified atom stereocenters. The lowest BCUT2D eigenvalue weighted by molar-refractivity contribution is -0.224. The highest BCUT2D eigenvalue weighted by Gasteiger charge is 2.61. The number of hydrogen-bond donors (Lipinski definition) is 0. The molecule has 0 radical (unpaired) electrons. The van der Waals surface area contributed by atoms with Crippen LogP contribution in [-0.4, -0.2) is 54.9 Å². The van der Waals surface area contributed by atoms with Crippen LogP contribution < -0.4 is 0 Å². The van der Waals surface area contributed by atoms with Crippen LogP contribution in [0, 0.1) is 17.8 Å². The number of carbonyl (C=O) groups is 2. The molecule has 2 saturated heterocycles. The Morgan fingerprint density at radius 3 is 2.63 bits per heavy atom. The molecule has 0 N–H and O–H groups in total. The smallest absolute Gasteiger partial charge is 0.346 e. The first kappa shape index (κ1) is 22.9. The summed E-state index contributed by atoms with van der Waals surface area (Å²) in [4.78, 5) is 25.5. The number of fused-ring (bicyclic) bond motifs is 1. The highest BCUT2D eigenvalue weighted by molar-refractivity contribution is 7.07. The molecule has 7 nitrogen and oxygen atoms in total. The molecule has 0 saturated carbocycles. The van der Waals surface area contributed by atoms with E-state index in [0.717, 1.165) is 5.56 Å². The summed E-state index contributed by atoms with van der Waals surface area (Å²) < 4.78 is 29.0. The molecule has 0 aliphatic carbocycles. The minimum Gasteiger partial charge on any atom is -0.463 e. The van der Waals surface area contributed by atoms with Crippen molar-refractivity contribution in [2.45, 2.75) is 70.9 Å². The fraction of sp³-hybridized carbons (Fsp3) is 0.636. The summed E-state index contributed by atoms with van der Waals surface area (Å²) in [6, 6.07) is 1.84. The zero-order valence-corrected chi connectivity index (χ0v) is 18.7. The van der Waals surface area contributed by atoms with E-state index in [1.54, 1.807) is 20.8 Å². The van der Waals surface area contributed by atoms with Crippen LogP contribution in [0.15, 0.2) is 16.8 Å². The molecule has 1 aromatic rings. The Morgan fingerprint density at radius 2 is 2.07 bits per heavy atom. The third kappa shape index (κ3) is 4.05. The van der Waals surface area contributed by atoms with Gasteiger partial charge in [0.25, 0.3) is 0 Å². The van der Waals surface area contributed by atoms with Crippen molar-refractivity contribution in [2.24, 2.45) is 5.41 Å². The van der Waals surface area contributed by atoms with E-state index in [2.05, 4.69) is 5.92 Å². The molecular formula is C22H28O7S. The topological polar surface area (TPSA) is 80.3 Å². The van der Waals surface area contributed by atoms with E-state index in [-0.39, 0.29) is 19.6 Å². The number of ether oxygens (including phenoxy) is 5. The molecule has 0 amide bonds. The molecule has 3 heterocycles. The van der Waals surface area contributed by atoms with Crippen molar-refractivity contribution in [3.8, 4) is 12.3 Å². The second-order valence-corrected chi connectivity index (χ2v) is 8.98. The van der Waals surface area contributed by atoms with Gasteiger partial charge in [0.15, 0.2) is 17.9 Å². The van der Waals surface area contributed by atoms with Gasteiger partial charge in [0, 0.05) is 6.42 Å². The molecule has 2 aliphatic rings. The molecule has 1 aromatic heterocycles. The Hall–Kier alpha value is -1.76. The van der Waals surface area contributed by atoms with Crippen LogP contribution in [0.4, 0.5) is 0 Å². The standard InChI is InChI=1S/C22H28O7S/c1-7-21(6)16(27-18-17(21)28-20(4,5)29-18)12-26-22(14(3)23,19(24)25-8-2)11-15-9-10-30-13-15/h1,9-10,13,16-18H,8,11-12H2,2-6H3/t16-,17+,18-,21+,22?/m1/s1. The molecule has 2 aliphatic heterocycles. The number of thiophene rings is 1. The summed E-state index contributed by atoms with van der Waals surface area (Å²) >= 11 is 1.47. The number of esters is 1. The Morgan fingerprint density at radius 1 is 1.33 bits per heavy atom. The van der Waals surface area contributed by atoms with Crippen LogP contribution in [0.3, 0.4) is 0 Å².